The molecule has 142 valence electrons. The van der Waals surface area contributed by atoms with Crippen molar-refractivity contribution in [2.75, 3.05) is 20.2 Å². The van der Waals surface area contributed by atoms with Crippen molar-refractivity contribution in [3.63, 3.8) is 0 Å². The Labute approximate surface area is 152 Å². The molecule has 2 fully saturated rings. The van der Waals surface area contributed by atoms with E-state index in [0.29, 0.717) is 18.7 Å². The molecule has 0 unspecified atom stereocenters. The molecule has 9 heteroatoms. The first-order valence-electron chi connectivity index (χ1n) is 8.41. The summed E-state index contributed by atoms with van der Waals surface area (Å²) in [7, 11) is -2.54. The average molecular weight is 382 g/mol. The van der Waals surface area contributed by atoms with Gasteiger partial charge in [-0.2, -0.15) is 4.31 Å². The molecule has 0 radical (unpaired) electrons. The van der Waals surface area contributed by atoms with Crippen LogP contribution in [0.5, 0.6) is 5.75 Å². The van der Waals surface area contributed by atoms with Crippen LogP contribution in [0.25, 0.3) is 0 Å². The first kappa shape index (κ1) is 18.7. The van der Waals surface area contributed by atoms with Gasteiger partial charge in [0.2, 0.25) is 15.9 Å². The monoisotopic (exact) mass is 382 g/mol. The number of carboxylic acids is 1. The summed E-state index contributed by atoms with van der Waals surface area (Å²) in [5.74, 6) is -0.854. The molecule has 0 saturated carbocycles. The molecule has 2 aliphatic rings. The maximum Gasteiger partial charge on any atom is 0.322 e. The molecule has 1 amide bonds. The average Bonchev–Trinajstić information content (AvgIpc) is 3.01. The fourth-order valence-electron chi connectivity index (χ4n) is 3.88. The number of piperidine rings is 1. The summed E-state index contributed by atoms with van der Waals surface area (Å²) in [5.41, 5.74) is 0. The number of nitrogens with zero attached hydrogens (tertiary/aromatic N) is 2. The molecule has 1 aromatic carbocycles. The van der Waals surface area contributed by atoms with Crippen LogP contribution in [-0.2, 0) is 19.6 Å². The number of hydrogen-bond donors (Lipinski definition) is 1. The van der Waals surface area contributed by atoms with Gasteiger partial charge < -0.3 is 14.7 Å². The van der Waals surface area contributed by atoms with Crippen molar-refractivity contribution in [2.45, 2.75) is 36.7 Å². The molecular weight excluding hydrogens is 360 g/mol. The molecule has 2 heterocycles. The lowest BCUT2D eigenvalue weighted by Gasteiger charge is -2.37. The van der Waals surface area contributed by atoms with E-state index in [9.17, 15) is 23.1 Å². The predicted molar refractivity (Wildman–Crippen MR) is 92.2 cm³/mol. The predicted octanol–water partition coefficient (Wildman–Crippen LogP) is 0.780. The van der Waals surface area contributed by atoms with Gasteiger partial charge in [0.25, 0.3) is 0 Å². The van der Waals surface area contributed by atoms with Gasteiger partial charge in [0.1, 0.15) is 11.8 Å². The van der Waals surface area contributed by atoms with Crippen LogP contribution < -0.4 is 4.74 Å². The van der Waals surface area contributed by atoms with Crippen molar-refractivity contribution < 1.29 is 27.9 Å². The molecule has 2 saturated heterocycles. The highest BCUT2D eigenvalue weighted by molar-refractivity contribution is 7.89. The van der Waals surface area contributed by atoms with Crippen molar-refractivity contribution in [1.29, 1.82) is 0 Å². The van der Waals surface area contributed by atoms with Gasteiger partial charge in [0.05, 0.1) is 12.0 Å². The second kappa shape index (κ2) is 6.88. The number of sulfonamides is 1. The second-order valence-electron chi connectivity index (χ2n) is 6.68. The van der Waals surface area contributed by atoms with Crippen LogP contribution in [-0.4, -0.2) is 66.9 Å². The topological polar surface area (TPSA) is 104 Å². The second-order valence-corrected chi connectivity index (χ2v) is 8.52. The maximum absolute atomic E-state index is 13.2. The summed E-state index contributed by atoms with van der Waals surface area (Å²) in [6.45, 7) is 2.19. The molecule has 1 aromatic rings. The van der Waals surface area contributed by atoms with Crippen LogP contribution >= 0.6 is 0 Å². The minimum atomic E-state index is -4.02. The summed E-state index contributed by atoms with van der Waals surface area (Å²) in [6, 6.07) is 4.22. The Hall–Kier alpha value is -2.13. The number of rotatable bonds is 4. The van der Waals surface area contributed by atoms with Crippen LogP contribution in [0.4, 0.5) is 0 Å². The Morgan fingerprint density at radius 3 is 2.42 bits per heavy atom. The first-order valence-corrected chi connectivity index (χ1v) is 9.85. The van der Waals surface area contributed by atoms with Crippen LogP contribution in [0, 0.1) is 5.92 Å². The van der Waals surface area contributed by atoms with E-state index in [1.54, 1.807) is 4.90 Å². The van der Waals surface area contributed by atoms with Crippen LogP contribution in [0.3, 0.4) is 0 Å². The summed E-state index contributed by atoms with van der Waals surface area (Å²) < 4.78 is 32.5. The third-order valence-corrected chi connectivity index (χ3v) is 7.19. The van der Waals surface area contributed by atoms with Crippen LogP contribution in [0.2, 0.25) is 0 Å². The molecule has 0 aromatic heterocycles. The zero-order valence-electron chi connectivity index (χ0n) is 14.7. The van der Waals surface area contributed by atoms with Crippen molar-refractivity contribution >= 4 is 21.9 Å². The molecule has 3 rings (SSSR count). The normalized spacial score (nSPS) is 26.4. The lowest BCUT2D eigenvalue weighted by molar-refractivity contribution is -0.141. The van der Waals surface area contributed by atoms with Gasteiger partial charge in [-0.25, -0.2) is 8.42 Å². The number of carbonyl (C=O) groups excluding carboxylic acids is 1. The summed E-state index contributed by atoms with van der Waals surface area (Å²) in [6.07, 6.45) is 0.865. The van der Waals surface area contributed by atoms with Crippen molar-refractivity contribution in [1.82, 2.24) is 9.21 Å². The zero-order valence-corrected chi connectivity index (χ0v) is 15.5. The molecule has 1 N–H and O–H groups in total. The highest BCUT2D eigenvalue weighted by Crippen LogP contribution is 2.39. The molecule has 26 heavy (non-hydrogen) atoms. The summed E-state index contributed by atoms with van der Waals surface area (Å²) >= 11 is 0. The van der Waals surface area contributed by atoms with Crippen LogP contribution in [0.1, 0.15) is 19.8 Å². The largest absolute Gasteiger partial charge is 0.497 e. The van der Waals surface area contributed by atoms with E-state index in [1.807, 2.05) is 0 Å². The van der Waals surface area contributed by atoms with Gasteiger partial charge in [0, 0.05) is 26.1 Å². The van der Waals surface area contributed by atoms with Gasteiger partial charge in [0.15, 0.2) is 0 Å². The summed E-state index contributed by atoms with van der Waals surface area (Å²) in [5, 5.41) is 9.59. The number of benzene rings is 1. The molecular formula is C17H22N2O6S. The lowest BCUT2D eigenvalue weighted by Crippen LogP contribution is -2.53. The number of ether oxygens (including phenoxy) is 1. The molecule has 8 nitrogen and oxygen atoms in total. The van der Waals surface area contributed by atoms with Gasteiger partial charge in [-0.15, -0.1) is 0 Å². The quantitative estimate of drug-likeness (QED) is 0.825. The van der Waals surface area contributed by atoms with E-state index >= 15 is 0 Å². The number of carboxylic acid groups (broad SMARTS) is 1. The molecule has 0 spiro atoms. The highest BCUT2D eigenvalue weighted by Gasteiger charge is 2.52. The Morgan fingerprint density at radius 1 is 1.23 bits per heavy atom. The standard InChI is InChI=1S/C17H22N2O6S/c1-11(20)18-8-7-12-9-15(17(21)22)19(16(12)10-18)26(23,24)14-5-3-13(25-2)4-6-14/h3-6,12,15-16H,7-10H2,1-2H3,(H,21,22)/t12-,15-,16-/m0/s1. The van der Waals surface area contributed by atoms with Gasteiger partial charge in [-0.05, 0) is 43.0 Å². The highest BCUT2D eigenvalue weighted by atomic mass is 32.2. The number of hydrogen-bond acceptors (Lipinski definition) is 5. The maximum atomic E-state index is 13.2. The molecule has 3 atom stereocenters. The molecule has 2 aliphatic heterocycles. The third-order valence-electron chi connectivity index (χ3n) is 5.25. The molecule has 0 bridgehead atoms. The Bertz CT molecular complexity index is 807. The van der Waals surface area contributed by atoms with E-state index in [4.69, 9.17) is 4.74 Å². The van der Waals surface area contributed by atoms with E-state index in [1.165, 1.54) is 38.3 Å². The van der Waals surface area contributed by atoms with Gasteiger partial charge in [-0.1, -0.05) is 0 Å². The van der Waals surface area contributed by atoms with E-state index in [2.05, 4.69) is 0 Å². The summed E-state index contributed by atoms with van der Waals surface area (Å²) in [4.78, 5) is 25.1. The minimum Gasteiger partial charge on any atom is -0.497 e. The number of likely N-dealkylation sites (tertiary alicyclic amines) is 1. The van der Waals surface area contributed by atoms with Crippen LogP contribution in [0.15, 0.2) is 29.2 Å². The lowest BCUT2D eigenvalue weighted by atomic mass is 9.91. The number of aliphatic carboxylic acids is 1. The van der Waals surface area contributed by atoms with Crippen molar-refractivity contribution in [3.8, 4) is 5.75 Å². The Morgan fingerprint density at radius 2 is 1.88 bits per heavy atom. The van der Waals surface area contributed by atoms with E-state index in [-0.39, 0.29) is 29.7 Å². The fraction of sp³-hybridized carbons (Fsp3) is 0.529. The number of carbonyl (C=O) groups is 2. The van der Waals surface area contributed by atoms with Crippen molar-refractivity contribution in [2.24, 2.45) is 5.92 Å². The number of fused-ring (bicyclic) bond motifs is 1. The minimum absolute atomic E-state index is 0.0187. The van der Waals surface area contributed by atoms with Gasteiger partial charge in [-0.3, -0.25) is 9.59 Å². The zero-order chi connectivity index (χ0) is 19.1. The fourth-order valence-corrected chi connectivity index (χ4v) is 5.71. The Balaban J connectivity index is 1.99. The Kier molecular flexibility index (Phi) is 4.94. The van der Waals surface area contributed by atoms with Gasteiger partial charge >= 0.3 is 5.97 Å². The smallest absolute Gasteiger partial charge is 0.322 e. The SMILES string of the molecule is COc1ccc(S(=O)(=O)N2[C@H](C(=O)O)C[C@@H]3CCN(C(C)=O)C[C@@H]32)cc1. The van der Waals surface area contributed by atoms with E-state index in [0.717, 1.165) is 4.31 Å². The third kappa shape index (κ3) is 3.16. The first-order chi connectivity index (χ1) is 12.3. The number of methoxy groups -OCH3 is 1. The van der Waals surface area contributed by atoms with E-state index < -0.39 is 28.1 Å². The molecule has 0 aliphatic carbocycles. The van der Waals surface area contributed by atoms with Crippen molar-refractivity contribution in [3.05, 3.63) is 24.3 Å². The number of amides is 1.